The number of allylic oxidation sites excluding steroid dienone is 1. The van der Waals surface area contributed by atoms with Gasteiger partial charge in [0.15, 0.2) is 0 Å². The van der Waals surface area contributed by atoms with E-state index in [2.05, 4.69) is 4.99 Å². The molecule has 2 N–H and O–H groups in total. The van der Waals surface area contributed by atoms with Crippen LogP contribution in [0, 0.1) is 0 Å². The van der Waals surface area contributed by atoms with Gasteiger partial charge in [0.25, 0.3) is 5.91 Å². The Labute approximate surface area is 53.3 Å². The third-order valence-corrected chi connectivity index (χ3v) is 1.41. The molecule has 1 aliphatic heterocycles. The van der Waals surface area contributed by atoms with Crippen LogP contribution in [0.1, 0.15) is 13.8 Å². The molecule has 0 aromatic heterocycles. The van der Waals surface area contributed by atoms with Gasteiger partial charge in [0.1, 0.15) is 5.71 Å². The number of hydrogen-bond donors (Lipinski definition) is 1. The zero-order valence-electron chi connectivity index (χ0n) is 5.43. The smallest absolute Gasteiger partial charge is 0.267 e. The van der Waals surface area contributed by atoms with Crippen LogP contribution in [0.5, 0.6) is 0 Å². The molecular formula is C6H8N2O. The van der Waals surface area contributed by atoms with Crippen LogP contribution in [-0.2, 0) is 4.79 Å². The Morgan fingerprint density at radius 3 is 2.22 bits per heavy atom. The van der Waals surface area contributed by atoms with E-state index in [4.69, 9.17) is 5.73 Å². The standard InChI is InChI=1S/C6H8N2O/c1-3-4(2)8-5(3)6(7)9/h1-2H3,(H2,7,9). The SMILES string of the molecule is CC1=C(C)C(C(N)=O)=N1. The predicted octanol–water partition coefficient (Wildman–Crippen LogP) is 0.220. The maximum Gasteiger partial charge on any atom is 0.267 e. The fourth-order valence-corrected chi connectivity index (χ4v) is 0.694. The number of nitrogens with zero attached hydrogens (tertiary/aromatic N) is 1. The highest BCUT2D eigenvalue weighted by Crippen LogP contribution is 2.17. The second kappa shape index (κ2) is 1.69. The molecule has 0 aromatic carbocycles. The monoisotopic (exact) mass is 124 g/mol. The number of carbonyl (C=O) groups excluding carboxylic acids is 1. The molecule has 0 bridgehead atoms. The summed E-state index contributed by atoms with van der Waals surface area (Å²) in [6, 6.07) is 0. The normalized spacial score (nSPS) is 16.9. The molecule has 0 atom stereocenters. The first-order chi connectivity index (χ1) is 4.13. The molecule has 0 spiro atoms. The molecule has 9 heavy (non-hydrogen) atoms. The number of aliphatic imine (C=N–C) groups is 1. The largest absolute Gasteiger partial charge is 0.364 e. The van der Waals surface area contributed by atoms with Crippen molar-refractivity contribution in [1.82, 2.24) is 0 Å². The van der Waals surface area contributed by atoms with Crippen LogP contribution in [0.3, 0.4) is 0 Å². The van der Waals surface area contributed by atoms with Crippen molar-refractivity contribution >= 4 is 11.6 Å². The van der Waals surface area contributed by atoms with Crippen molar-refractivity contribution in [1.29, 1.82) is 0 Å². The summed E-state index contributed by atoms with van der Waals surface area (Å²) in [5.74, 6) is -0.432. The van der Waals surface area contributed by atoms with E-state index in [1.807, 2.05) is 13.8 Å². The van der Waals surface area contributed by atoms with Gasteiger partial charge in [-0.25, -0.2) is 4.99 Å². The number of primary amides is 1. The number of rotatable bonds is 1. The summed E-state index contributed by atoms with van der Waals surface area (Å²) < 4.78 is 0. The Bertz CT molecular complexity index is 225. The van der Waals surface area contributed by atoms with Crippen molar-refractivity contribution < 1.29 is 4.79 Å². The lowest BCUT2D eigenvalue weighted by Crippen LogP contribution is -2.28. The summed E-state index contributed by atoms with van der Waals surface area (Å²) in [6.45, 7) is 3.68. The Balaban J connectivity index is 2.75. The fourth-order valence-electron chi connectivity index (χ4n) is 0.694. The van der Waals surface area contributed by atoms with Crippen LogP contribution in [0.15, 0.2) is 16.3 Å². The van der Waals surface area contributed by atoms with Gasteiger partial charge in [0.05, 0.1) is 0 Å². The van der Waals surface area contributed by atoms with Gasteiger partial charge in [-0.3, -0.25) is 4.79 Å². The van der Waals surface area contributed by atoms with Gasteiger partial charge in [0.2, 0.25) is 0 Å². The number of hydrogen-bond acceptors (Lipinski definition) is 2. The molecule has 1 aliphatic rings. The van der Waals surface area contributed by atoms with Crippen molar-refractivity contribution in [3.05, 3.63) is 11.3 Å². The summed E-state index contributed by atoms with van der Waals surface area (Å²) >= 11 is 0. The lowest BCUT2D eigenvalue weighted by atomic mass is 10.1. The summed E-state index contributed by atoms with van der Waals surface area (Å²) in [5.41, 5.74) is 7.20. The van der Waals surface area contributed by atoms with Crippen LogP contribution in [0.25, 0.3) is 0 Å². The quantitative estimate of drug-likeness (QED) is 0.534. The zero-order valence-corrected chi connectivity index (χ0v) is 5.43. The van der Waals surface area contributed by atoms with Crippen LogP contribution in [0.2, 0.25) is 0 Å². The molecule has 1 heterocycles. The first kappa shape index (κ1) is 6.01. The molecule has 3 nitrogen and oxygen atoms in total. The molecule has 0 saturated heterocycles. The second-order valence-corrected chi connectivity index (χ2v) is 2.04. The van der Waals surface area contributed by atoms with Crippen LogP contribution >= 0.6 is 0 Å². The van der Waals surface area contributed by atoms with Gasteiger partial charge in [0, 0.05) is 11.3 Å². The molecular weight excluding hydrogens is 116 g/mol. The molecule has 3 heteroatoms. The van der Waals surface area contributed by atoms with Gasteiger partial charge in [-0.1, -0.05) is 0 Å². The highest BCUT2D eigenvalue weighted by Gasteiger charge is 2.18. The first-order valence-corrected chi connectivity index (χ1v) is 2.69. The van der Waals surface area contributed by atoms with Crippen molar-refractivity contribution in [3.63, 3.8) is 0 Å². The molecule has 1 amide bonds. The highest BCUT2D eigenvalue weighted by atomic mass is 16.1. The zero-order chi connectivity index (χ0) is 7.02. The Morgan fingerprint density at radius 1 is 1.56 bits per heavy atom. The van der Waals surface area contributed by atoms with E-state index < -0.39 is 5.91 Å². The average Bonchev–Trinajstić information content (AvgIpc) is 1.81. The first-order valence-electron chi connectivity index (χ1n) is 2.69. The Kier molecular flexibility index (Phi) is 1.12. The highest BCUT2D eigenvalue weighted by molar-refractivity contribution is 6.46. The lowest BCUT2D eigenvalue weighted by Gasteiger charge is -2.13. The maximum absolute atomic E-state index is 10.4. The van der Waals surface area contributed by atoms with Crippen molar-refractivity contribution in [2.24, 2.45) is 10.7 Å². The van der Waals surface area contributed by atoms with Crippen LogP contribution in [-0.4, -0.2) is 11.6 Å². The lowest BCUT2D eigenvalue weighted by molar-refractivity contribution is -0.112. The predicted molar refractivity (Wildman–Crippen MR) is 35.0 cm³/mol. The minimum absolute atomic E-state index is 0.424. The molecule has 48 valence electrons. The van der Waals surface area contributed by atoms with Crippen molar-refractivity contribution in [2.75, 3.05) is 0 Å². The van der Waals surface area contributed by atoms with Gasteiger partial charge < -0.3 is 5.73 Å². The minimum atomic E-state index is -0.432. The van der Waals surface area contributed by atoms with E-state index in [0.717, 1.165) is 11.3 Å². The topological polar surface area (TPSA) is 55.5 Å². The van der Waals surface area contributed by atoms with E-state index in [0.29, 0.717) is 5.71 Å². The molecule has 0 unspecified atom stereocenters. The van der Waals surface area contributed by atoms with Crippen LogP contribution < -0.4 is 5.73 Å². The van der Waals surface area contributed by atoms with E-state index in [1.54, 1.807) is 0 Å². The summed E-state index contributed by atoms with van der Waals surface area (Å²) in [7, 11) is 0. The molecule has 0 fully saturated rings. The van der Waals surface area contributed by atoms with E-state index in [9.17, 15) is 4.79 Å². The fraction of sp³-hybridized carbons (Fsp3) is 0.333. The third-order valence-electron chi connectivity index (χ3n) is 1.41. The van der Waals surface area contributed by atoms with Crippen molar-refractivity contribution in [2.45, 2.75) is 13.8 Å². The Morgan fingerprint density at radius 2 is 2.11 bits per heavy atom. The number of amides is 1. The summed E-state index contributed by atoms with van der Waals surface area (Å²) in [6.07, 6.45) is 0. The average molecular weight is 124 g/mol. The molecule has 0 aliphatic carbocycles. The van der Waals surface area contributed by atoms with E-state index in [1.165, 1.54) is 0 Å². The van der Waals surface area contributed by atoms with Crippen LogP contribution in [0.4, 0.5) is 0 Å². The summed E-state index contributed by atoms with van der Waals surface area (Å²) in [5, 5.41) is 0. The minimum Gasteiger partial charge on any atom is -0.364 e. The van der Waals surface area contributed by atoms with E-state index in [-0.39, 0.29) is 0 Å². The van der Waals surface area contributed by atoms with E-state index >= 15 is 0 Å². The summed E-state index contributed by atoms with van der Waals surface area (Å²) in [4.78, 5) is 14.2. The second-order valence-electron chi connectivity index (χ2n) is 2.04. The maximum atomic E-state index is 10.4. The third kappa shape index (κ3) is 0.740. The molecule has 1 rings (SSSR count). The number of nitrogens with two attached hydrogens (primary N) is 1. The van der Waals surface area contributed by atoms with Gasteiger partial charge in [-0.05, 0) is 13.8 Å². The molecule has 0 radical (unpaired) electrons. The van der Waals surface area contributed by atoms with Gasteiger partial charge in [-0.2, -0.15) is 0 Å². The van der Waals surface area contributed by atoms with Crippen molar-refractivity contribution in [3.8, 4) is 0 Å². The Hall–Kier alpha value is -1.12. The van der Waals surface area contributed by atoms with Gasteiger partial charge in [-0.15, -0.1) is 0 Å². The number of carbonyl (C=O) groups is 1. The molecule has 0 saturated carbocycles. The van der Waals surface area contributed by atoms with Gasteiger partial charge >= 0.3 is 0 Å². The molecule has 0 aromatic rings.